The van der Waals surface area contributed by atoms with Crippen molar-refractivity contribution >= 4 is 91.1 Å². The summed E-state index contributed by atoms with van der Waals surface area (Å²) in [5.41, 5.74) is 0. The minimum Gasteiger partial charge on any atom is -1.00 e. The van der Waals surface area contributed by atoms with Crippen LogP contribution in [0.5, 0.6) is 0 Å². The Bertz CT molecular complexity index is 11.5. The Morgan fingerprint density at radius 2 is 1.00 bits per heavy atom. The van der Waals surface area contributed by atoms with Crippen LogP contribution >= 0.6 is 24.8 Å². The van der Waals surface area contributed by atoms with Crippen molar-refractivity contribution in [3.05, 3.63) is 0 Å². The van der Waals surface area contributed by atoms with E-state index in [1.54, 1.807) is 0 Å². The van der Waals surface area contributed by atoms with Gasteiger partial charge in [-0.05, 0) is 0 Å². The van der Waals surface area contributed by atoms with E-state index in [1.807, 2.05) is 0 Å². The van der Waals surface area contributed by atoms with E-state index in [9.17, 15) is 0 Å². The first-order valence-electron chi connectivity index (χ1n) is 0. The van der Waals surface area contributed by atoms with Crippen molar-refractivity contribution in [3.8, 4) is 0 Å². The normalized spacial score (nSPS) is 0. The van der Waals surface area contributed by atoms with Crippen LogP contribution in [0.2, 0.25) is 0 Å². The van der Waals surface area contributed by atoms with Gasteiger partial charge in [0.25, 0.3) is 0 Å². The first-order valence-corrected chi connectivity index (χ1v) is 0. The summed E-state index contributed by atoms with van der Waals surface area (Å²) >= 11 is 0. The summed E-state index contributed by atoms with van der Waals surface area (Å²) in [6.07, 6.45) is 0. The van der Waals surface area contributed by atoms with Gasteiger partial charge in [0.2, 0.25) is 0 Å². The smallest absolute Gasteiger partial charge is 1.00 e. The molecule has 0 amide bonds. The molecule has 0 saturated carbocycles. The Balaban J connectivity index is 0. The molecule has 0 aliphatic carbocycles. The topological polar surface area (TPSA) is 0 Å². The third-order valence-electron chi connectivity index (χ3n) is 0. The first-order chi connectivity index (χ1) is 0. The van der Waals surface area contributed by atoms with Crippen molar-refractivity contribution in [1.82, 2.24) is 0 Å². The zero-order chi connectivity index (χ0) is 0. The molecule has 0 radical (unpaired) electrons. The van der Waals surface area contributed by atoms with Gasteiger partial charge in [0.15, 0.2) is 17.4 Å². The van der Waals surface area contributed by atoms with Crippen LogP contribution in [-0.4, -0.2) is 66.2 Å². The minimum absolute atomic E-state index is 0. The molecule has 0 unspecified atom stereocenters. The summed E-state index contributed by atoms with van der Waals surface area (Å²) in [5, 5.41) is 0. The fourth-order valence-electron chi connectivity index (χ4n) is 0. The summed E-state index contributed by atoms with van der Waals surface area (Å²) in [6.45, 7) is 0. The number of halogens is 2. The third kappa shape index (κ3) is 8.82. The Hall–Kier alpha value is 2.68. The van der Waals surface area contributed by atoms with Crippen LogP contribution < -0.4 is 0 Å². The molecular weight excluding hydrogens is 235 g/mol. The van der Waals surface area contributed by atoms with E-state index >= 15 is 0 Å². The Morgan fingerprint density at radius 3 is 1.00 bits per heavy atom. The molecular formula is H7AlBaCl2. The molecule has 0 nitrogen and oxygen atoms in total. The second kappa shape index (κ2) is 17.3. The maximum Gasteiger partial charge on any atom is 2.00 e. The Kier molecular flexibility index (Phi) is 130. The van der Waals surface area contributed by atoms with Crippen LogP contribution in [0, 0.1) is 0 Å². The molecule has 0 aromatic carbocycles. The molecule has 0 aromatic rings. The molecule has 0 bridgehead atoms. The molecule has 0 aromatic heterocycles. The SMILES string of the molecule is Cl.Cl.[AlH3].[Ba+2].[H-].[H-]. The van der Waals surface area contributed by atoms with Crippen LogP contribution in [0.25, 0.3) is 0 Å². The van der Waals surface area contributed by atoms with E-state index in [-0.39, 0.29) is 93.9 Å². The molecule has 0 heterocycles. The van der Waals surface area contributed by atoms with Crippen LogP contribution in [0.3, 0.4) is 0 Å². The van der Waals surface area contributed by atoms with Crippen LogP contribution in [-0.2, 0) is 0 Å². The average molecular weight is 242 g/mol. The van der Waals surface area contributed by atoms with Gasteiger partial charge in [-0.1, -0.05) is 0 Å². The molecule has 0 N–H and O–H groups in total. The van der Waals surface area contributed by atoms with Gasteiger partial charge in [0, 0.05) is 0 Å². The fraction of sp³-hybridized carbons (Fsp3) is 0. The molecule has 4 heteroatoms. The first kappa shape index (κ1) is 30.0. The molecule has 0 spiro atoms. The van der Waals surface area contributed by atoms with E-state index in [2.05, 4.69) is 0 Å². The minimum atomic E-state index is 0. The molecule has 0 aliphatic rings. The van der Waals surface area contributed by atoms with Crippen molar-refractivity contribution in [2.75, 3.05) is 0 Å². The Labute approximate surface area is 92.1 Å². The van der Waals surface area contributed by atoms with Gasteiger partial charge in [-0.25, -0.2) is 0 Å². The summed E-state index contributed by atoms with van der Waals surface area (Å²) in [4.78, 5) is 0. The van der Waals surface area contributed by atoms with E-state index in [0.717, 1.165) is 0 Å². The van der Waals surface area contributed by atoms with Gasteiger partial charge in [-0.2, -0.15) is 0 Å². The van der Waals surface area contributed by atoms with Crippen molar-refractivity contribution < 1.29 is 2.85 Å². The third-order valence-corrected chi connectivity index (χ3v) is 0. The van der Waals surface area contributed by atoms with Crippen molar-refractivity contribution in [3.63, 3.8) is 0 Å². The zero-order valence-corrected chi connectivity index (χ0v) is 7.60. The van der Waals surface area contributed by atoms with E-state index in [1.165, 1.54) is 0 Å². The van der Waals surface area contributed by atoms with Gasteiger partial charge in [0.05, 0.1) is 0 Å². The van der Waals surface area contributed by atoms with Crippen LogP contribution in [0.15, 0.2) is 0 Å². The second-order valence-electron chi connectivity index (χ2n) is 0. The molecule has 0 aliphatic heterocycles. The number of hydrogen-bond donors (Lipinski definition) is 0. The van der Waals surface area contributed by atoms with Crippen molar-refractivity contribution in [2.24, 2.45) is 0 Å². The van der Waals surface area contributed by atoms with E-state index < -0.39 is 0 Å². The fourth-order valence-corrected chi connectivity index (χ4v) is 0. The summed E-state index contributed by atoms with van der Waals surface area (Å²) in [5.74, 6) is 0. The molecule has 4 heavy (non-hydrogen) atoms. The second-order valence-corrected chi connectivity index (χ2v) is 0. The van der Waals surface area contributed by atoms with Gasteiger partial charge >= 0.3 is 48.9 Å². The predicted octanol–water partition coefficient (Wildman–Crippen LogP) is -0.496. The van der Waals surface area contributed by atoms with E-state index in [4.69, 9.17) is 0 Å². The maximum absolute atomic E-state index is 0. The molecule has 0 saturated heterocycles. The molecule has 0 atom stereocenters. The largest absolute Gasteiger partial charge is 2.00 e. The van der Waals surface area contributed by atoms with Crippen LogP contribution in [0.4, 0.5) is 0 Å². The molecule has 0 fully saturated rings. The monoisotopic (exact) mass is 242 g/mol. The zero-order valence-electron chi connectivity index (χ0n) is 3.52. The average Bonchev–Trinajstić information content (AvgIpc) is 0. The standard InChI is InChI=1S/Al.Ba.2ClH.5H/h;;2*1H;;;;;/q;+2;;;;;;2*-1. The van der Waals surface area contributed by atoms with Gasteiger partial charge in [-0.15, -0.1) is 24.8 Å². The predicted molar refractivity (Wildman–Crippen MR) is 32.4 cm³/mol. The molecule has 26 valence electrons. The van der Waals surface area contributed by atoms with Gasteiger partial charge in [-0.3, -0.25) is 0 Å². The summed E-state index contributed by atoms with van der Waals surface area (Å²) < 4.78 is 0. The van der Waals surface area contributed by atoms with Gasteiger partial charge < -0.3 is 2.85 Å². The number of hydrogen-bond acceptors (Lipinski definition) is 0. The van der Waals surface area contributed by atoms with Crippen molar-refractivity contribution in [2.45, 2.75) is 0 Å². The summed E-state index contributed by atoms with van der Waals surface area (Å²) in [7, 11) is 0. The van der Waals surface area contributed by atoms with E-state index in [0.29, 0.717) is 0 Å². The Morgan fingerprint density at radius 1 is 1.00 bits per heavy atom. The van der Waals surface area contributed by atoms with Crippen LogP contribution in [0.1, 0.15) is 2.85 Å². The van der Waals surface area contributed by atoms with Crippen molar-refractivity contribution in [1.29, 1.82) is 0 Å². The number of rotatable bonds is 0. The van der Waals surface area contributed by atoms with Gasteiger partial charge in [0.1, 0.15) is 0 Å². The molecule has 0 rings (SSSR count). The maximum atomic E-state index is 0. The quantitative estimate of drug-likeness (QED) is 0.503. The summed E-state index contributed by atoms with van der Waals surface area (Å²) in [6, 6.07) is 0.